The number of ether oxygens (including phenoxy) is 8. The quantitative estimate of drug-likeness (QED) is 0.0480. The normalized spacial score (nSPS) is 26.7. The Bertz CT molecular complexity index is 5040. The van der Waals surface area contributed by atoms with Crippen molar-refractivity contribution in [3.05, 3.63) is 180 Å². The molecule has 7 heterocycles. The maximum absolute atomic E-state index is 16.3. The fourth-order valence-corrected chi connectivity index (χ4v) is 15.4. The van der Waals surface area contributed by atoms with Crippen molar-refractivity contribution in [2.75, 3.05) is 20.7 Å². The first-order valence-electron chi connectivity index (χ1n) is 37.6. The topological polar surface area (TPSA) is 521 Å². The van der Waals surface area contributed by atoms with Crippen LogP contribution in [0.2, 0.25) is 20.1 Å². The van der Waals surface area contributed by atoms with Crippen LogP contribution in [0.1, 0.15) is 116 Å². The number of aliphatic hydroxyl groups is 5. The lowest BCUT2D eigenvalue weighted by molar-refractivity contribution is -0.331. The summed E-state index contributed by atoms with van der Waals surface area (Å²) in [4.78, 5) is 119. The lowest BCUT2D eigenvalue weighted by atomic mass is 9.84. The number of aliphatic hydroxyl groups excluding tert-OH is 5. The number of fused-ring (bicyclic) bond motifs is 15. The maximum Gasteiger partial charge on any atom is 0.333 e. The summed E-state index contributed by atoms with van der Waals surface area (Å²) in [7, 11) is 2.43. The zero-order valence-corrected chi connectivity index (χ0v) is 67.5. The number of amides is 7. The van der Waals surface area contributed by atoms with Gasteiger partial charge in [0.25, 0.3) is 0 Å². The second-order valence-corrected chi connectivity index (χ2v) is 31.5. The molecule has 0 radical (unpaired) electrons. The van der Waals surface area contributed by atoms with E-state index >= 15 is 19.2 Å². The predicted molar refractivity (Wildman–Crippen MR) is 426 cm³/mol. The third-order valence-electron chi connectivity index (χ3n) is 21.0. The van der Waals surface area contributed by atoms with E-state index in [-0.39, 0.29) is 65.1 Å². The average Bonchev–Trinajstić information content (AvgIpc) is 0.763. The summed E-state index contributed by atoms with van der Waals surface area (Å²) in [5, 5.41) is 117. The highest BCUT2D eigenvalue weighted by Crippen LogP contribution is 2.50. The summed E-state index contributed by atoms with van der Waals surface area (Å²) >= 11 is 26.7. The lowest BCUT2D eigenvalue weighted by Gasteiger charge is -2.48. The Hall–Kier alpha value is -10.4. The minimum absolute atomic E-state index is 0.102. The summed E-state index contributed by atoms with van der Waals surface area (Å²) in [6, 6.07) is 12.5. The van der Waals surface area contributed by atoms with Crippen LogP contribution >= 0.6 is 46.4 Å². The molecule has 34 nitrogen and oxygen atoms in total. The number of carbonyl (C=O) groups excluding carboxylic acids is 8. The van der Waals surface area contributed by atoms with Gasteiger partial charge >= 0.3 is 5.97 Å². The number of hydrogen-bond donors (Lipinski definition) is 18. The van der Waals surface area contributed by atoms with Crippen LogP contribution in [-0.2, 0) is 70.5 Å². The number of methoxy groups -OCH3 is 1. The Morgan fingerprint density at radius 3 is 1.91 bits per heavy atom. The number of likely N-dealkylation sites (N-methyl/N-ethyl adjacent to an activating group) is 1. The SMILES string of the molecule is CNC(CC(C)C)C(=O)NC1C(=O)N[C@@H](CC(N)=O)C(=O)NC2C(=O)N[C@H]3C(=O)NC(C(=O)N[C@@H](C(=O)OC)c4cc(O)cc(O)c4-c4cc3ccc4O)C(O)c3ccc(c(Cl)c3)Oc3cc2cc(c3OC2OC(CN)C(O)C(O)C2OC2CC(C)(NCc3ccc(OCc4ccc(Cl)c(Cl)c4)cc3)C(O)C(C)O2)Oc2ccc(cc2Cl)C1O. The molecule has 7 aliphatic heterocycles. The molecule has 7 amide bonds. The van der Waals surface area contributed by atoms with Crippen LogP contribution in [0.15, 0.2) is 121 Å². The molecular weight excluding hydrogens is 1640 g/mol. The summed E-state index contributed by atoms with van der Waals surface area (Å²) in [5.41, 5.74) is 9.92. The van der Waals surface area contributed by atoms with Crippen molar-refractivity contribution in [3.63, 3.8) is 0 Å². The van der Waals surface area contributed by atoms with Gasteiger partial charge in [0.15, 0.2) is 29.9 Å². The number of carbonyl (C=O) groups is 8. The highest BCUT2D eigenvalue weighted by Gasteiger charge is 2.52. The molecule has 2 saturated heterocycles. The van der Waals surface area contributed by atoms with Gasteiger partial charge in [-0.2, -0.15) is 0 Å². The number of phenols is 3. The molecule has 14 rings (SSSR count). The number of aromatic hydroxyl groups is 3. The van der Waals surface area contributed by atoms with E-state index in [1.54, 1.807) is 44.2 Å². The van der Waals surface area contributed by atoms with Gasteiger partial charge in [-0.3, -0.25) is 33.6 Å². The van der Waals surface area contributed by atoms with E-state index in [0.717, 1.165) is 72.8 Å². The van der Waals surface area contributed by atoms with E-state index < -0.39 is 231 Å². The number of nitrogens with one attached hydrogen (secondary N) is 8. The van der Waals surface area contributed by atoms with Crippen LogP contribution < -0.4 is 72.9 Å². The van der Waals surface area contributed by atoms with Crippen molar-refractivity contribution < 1.29 is 117 Å². The number of rotatable bonds is 19. The number of hydrogen-bond acceptors (Lipinski definition) is 27. The molecule has 634 valence electrons. The van der Waals surface area contributed by atoms with E-state index in [4.69, 9.17) is 95.8 Å². The van der Waals surface area contributed by atoms with E-state index in [9.17, 15) is 60.0 Å². The molecule has 11 bridgehead atoms. The van der Waals surface area contributed by atoms with Crippen molar-refractivity contribution in [3.8, 4) is 62.9 Å². The molecule has 7 aliphatic rings. The van der Waals surface area contributed by atoms with Gasteiger partial charge in [-0.15, -0.1) is 0 Å². The van der Waals surface area contributed by atoms with Crippen molar-refractivity contribution in [1.82, 2.24) is 42.5 Å². The van der Waals surface area contributed by atoms with Gasteiger partial charge in [-0.25, -0.2) is 4.79 Å². The molecule has 20 N–H and O–H groups in total. The van der Waals surface area contributed by atoms with Crippen LogP contribution in [0.4, 0.5) is 0 Å². The molecule has 15 unspecified atom stereocenters. The Balaban J connectivity index is 1.02. The monoisotopic (exact) mass is 1720 g/mol. The summed E-state index contributed by atoms with van der Waals surface area (Å²) in [6.45, 7) is 6.82. The lowest BCUT2D eigenvalue weighted by Crippen LogP contribution is -2.65. The van der Waals surface area contributed by atoms with E-state index in [1.165, 1.54) is 31.3 Å². The molecule has 0 aliphatic carbocycles. The zero-order chi connectivity index (χ0) is 85.9. The van der Waals surface area contributed by atoms with Gasteiger partial charge in [0.05, 0.1) is 51.9 Å². The number of esters is 1. The smallest absolute Gasteiger partial charge is 0.333 e. The number of nitrogens with two attached hydrogens (primary N) is 2. The maximum atomic E-state index is 16.3. The fraction of sp³-hybridized carbons (Fsp3) is 0.383. The number of halogens is 4. The molecule has 7 aromatic carbocycles. The number of benzene rings is 7. The third-order valence-corrected chi connectivity index (χ3v) is 22.3. The largest absolute Gasteiger partial charge is 0.508 e. The summed E-state index contributed by atoms with van der Waals surface area (Å²) < 4.78 is 50.9. The molecule has 38 heteroatoms. The third kappa shape index (κ3) is 19.6. The van der Waals surface area contributed by atoms with Crippen molar-refractivity contribution in [1.29, 1.82) is 0 Å². The van der Waals surface area contributed by atoms with Crippen LogP contribution in [0.5, 0.6) is 51.7 Å². The second kappa shape index (κ2) is 37.1. The van der Waals surface area contributed by atoms with Gasteiger partial charge in [0.1, 0.15) is 102 Å². The van der Waals surface area contributed by atoms with Gasteiger partial charge in [0, 0.05) is 47.8 Å². The van der Waals surface area contributed by atoms with E-state index in [2.05, 4.69) is 42.5 Å². The molecule has 0 spiro atoms. The molecule has 18 atom stereocenters. The van der Waals surface area contributed by atoms with E-state index in [0.29, 0.717) is 15.8 Å². The van der Waals surface area contributed by atoms with Gasteiger partial charge in [-0.05, 0) is 145 Å². The standard InChI is InChI=1S/C81H88Cl4N10O24/c1-33(2)19-49(88-5)73(105)94-64-66(100)38-11-17-53(47(84)22-38)115-55-24-40-25-56(70(55)119-80-71(69(103)68(102)57(30-86)117-80)118-59-29-81(4,72(104)34(3)114-59)89-31-35-7-13-42(14-8-35)113-32-36-9-15-45(82)46(83)20-36)116-54-18-12-39(23-48(54)85)67(101)65-78(110)93-63(79(111)112-6)44-26-41(96)27-52(98)60(44)43-21-37(10-16-51(43)97)61(75(107)95-65)92-76(108)62(40)91-74(106)50(28-58(87)99)90-77(64)109/h7-18,20-27,33-34,49-50,57,59,61-69,71-72,80,88-89,96-98,100-104H,19,28-32,86H2,1-6H3,(H2,87,99)(H,90,109)(H,91,106)(H,92,108)(H,93,110)(H,94,105)(H,95,107)/t34?,49?,50-,57?,59?,61+,62?,63+,64?,65?,66?,67?,68?,69?,71?,72?,80?,81?/m0/s1. The minimum Gasteiger partial charge on any atom is -0.508 e. The summed E-state index contributed by atoms with van der Waals surface area (Å²) in [5.74, 6) is -14.4. The molecular formula is C81H88Cl4N10O24. The summed E-state index contributed by atoms with van der Waals surface area (Å²) in [6.07, 6.45) is -18.1. The fourth-order valence-electron chi connectivity index (χ4n) is 14.6. The Morgan fingerprint density at radius 1 is 0.655 bits per heavy atom. The highest BCUT2D eigenvalue weighted by molar-refractivity contribution is 6.42. The first-order chi connectivity index (χ1) is 56.5. The number of phenolic OH excluding ortho intramolecular Hbond substituents is 3. The van der Waals surface area contributed by atoms with Crippen LogP contribution in [-0.4, -0.2) is 188 Å². The second-order valence-electron chi connectivity index (χ2n) is 29.9. The first kappa shape index (κ1) is 87.9. The van der Waals surface area contributed by atoms with Crippen LogP contribution in [0, 0.1) is 5.92 Å². The molecule has 119 heavy (non-hydrogen) atoms. The molecule has 7 aromatic rings. The van der Waals surface area contributed by atoms with E-state index in [1.807, 2.05) is 26.0 Å². The van der Waals surface area contributed by atoms with Crippen molar-refractivity contribution in [2.45, 2.75) is 169 Å². The molecule has 0 saturated carbocycles. The predicted octanol–water partition coefficient (Wildman–Crippen LogP) is 4.88. The van der Waals surface area contributed by atoms with Crippen molar-refractivity contribution >= 4 is 93.7 Å². The van der Waals surface area contributed by atoms with Crippen LogP contribution in [0.25, 0.3) is 11.1 Å². The van der Waals surface area contributed by atoms with Crippen molar-refractivity contribution in [2.24, 2.45) is 17.4 Å². The van der Waals surface area contributed by atoms with Gasteiger partial charge < -0.3 is 133 Å². The number of primary amides is 1. The Kier molecular flexibility index (Phi) is 27.4. The minimum atomic E-state index is -2.34. The highest BCUT2D eigenvalue weighted by atomic mass is 35.5. The first-order valence-corrected chi connectivity index (χ1v) is 39.1. The van der Waals surface area contributed by atoms with Gasteiger partial charge in [-0.1, -0.05) is 96.6 Å². The Morgan fingerprint density at radius 2 is 1.29 bits per heavy atom. The average molecular weight is 1730 g/mol. The molecule has 0 aromatic heterocycles. The molecule has 2 fully saturated rings. The Labute approximate surface area is 700 Å². The van der Waals surface area contributed by atoms with Gasteiger partial charge in [0.2, 0.25) is 53.4 Å². The zero-order valence-electron chi connectivity index (χ0n) is 64.5. The van der Waals surface area contributed by atoms with Crippen LogP contribution in [0.3, 0.4) is 0 Å².